The predicted octanol–water partition coefficient (Wildman–Crippen LogP) is 4.08. The number of nitrogens with one attached hydrogen (secondary N) is 1. The van der Waals surface area contributed by atoms with Crippen molar-refractivity contribution in [2.45, 2.75) is 26.2 Å². The number of carbonyl (C=O) groups excluding carboxylic acids is 2. The molecule has 2 aromatic rings. The molecular formula is C20H20F2N2O2. The second-order valence-electron chi connectivity index (χ2n) is 6.69. The SMILES string of the molecule is CC(C)c1ccc(NC(=O)C2CCN(c3ccc(F)cc3)C2=O)cc1F. The molecule has 0 bridgehead atoms. The monoisotopic (exact) mass is 358 g/mol. The van der Waals surface area contributed by atoms with E-state index in [-0.39, 0.29) is 23.5 Å². The molecular weight excluding hydrogens is 338 g/mol. The molecule has 0 spiro atoms. The Morgan fingerprint density at radius 3 is 2.46 bits per heavy atom. The molecule has 1 unspecified atom stereocenters. The Morgan fingerprint density at radius 2 is 1.85 bits per heavy atom. The van der Waals surface area contributed by atoms with Crippen LogP contribution in [0.4, 0.5) is 20.2 Å². The Labute approximate surface area is 150 Å². The summed E-state index contributed by atoms with van der Waals surface area (Å²) in [7, 11) is 0. The zero-order chi connectivity index (χ0) is 18.8. The second-order valence-corrected chi connectivity index (χ2v) is 6.69. The maximum absolute atomic E-state index is 14.1. The van der Waals surface area contributed by atoms with Crippen LogP contribution in [-0.4, -0.2) is 18.4 Å². The van der Waals surface area contributed by atoms with E-state index in [4.69, 9.17) is 0 Å². The van der Waals surface area contributed by atoms with Crippen molar-refractivity contribution in [3.05, 3.63) is 59.7 Å². The molecule has 1 saturated heterocycles. The number of anilines is 2. The minimum atomic E-state index is -0.840. The highest BCUT2D eigenvalue weighted by Crippen LogP contribution is 2.27. The third-order valence-electron chi connectivity index (χ3n) is 4.55. The van der Waals surface area contributed by atoms with Gasteiger partial charge in [0.05, 0.1) is 0 Å². The number of carbonyl (C=O) groups is 2. The first-order valence-corrected chi connectivity index (χ1v) is 8.54. The molecule has 2 aromatic carbocycles. The first kappa shape index (κ1) is 18.0. The van der Waals surface area contributed by atoms with Gasteiger partial charge in [-0.1, -0.05) is 19.9 Å². The maximum atomic E-state index is 14.1. The van der Waals surface area contributed by atoms with Crippen LogP contribution >= 0.6 is 0 Å². The highest BCUT2D eigenvalue weighted by atomic mass is 19.1. The molecule has 2 amide bonds. The van der Waals surface area contributed by atoms with Gasteiger partial charge in [0, 0.05) is 17.9 Å². The Morgan fingerprint density at radius 1 is 1.15 bits per heavy atom. The van der Waals surface area contributed by atoms with Crippen LogP contribution in [0.3, 0.4) is 0 Å². The number of nitrogens with zero attached hydrogens (tertiary/aromatic N) is 1. The number of rotatable bonds is 4. The summed E-state index contributed by atoms with van der Waals surface area (Å²) in [5.41, 5.74) is 1.45. The van der Waals surface area contributed by atoms with Gasteiger partial charge in [-0.2, -0.15) is 0 Å². The second kappa shape index (κ2) is 7.23. The lowest BCUT2D eigenvalue weighted by molar-refractivity contribution is -0.129. The topological polar surface area (TPSA) is 49.4 Å². The Bertz CT molecular complexity index is 834. The van der Waals surface area contributed by atoms with E-state index in [9.17, 15) is 18.4 Å². The molecule has 1 heterocycles. The van der Waals surface area contributed by atoms with Crippen molar-refractivity contribution in [1.29, 1.82) is 0 Å². The van der Waals surface area contributed by atoms with Gasteiger partial charge in [-0.15, -0.1) is 0 Å². The molecule has 3 rings (SSSR count). The fourth-order valence-electron chi connectivity index (χ4n) is 3.10. The average molecular weight is 358 g/mol. The standard InChI is InChI=1S/C20H20F2N2O2/c1-12(2)16-8-5-14(11-18(16)22)23-19(25)17-9-10-24(20(17)26)15-6-3-13(21)4-7-15/h3-8,11-12,17H,9-10H2,1-2H3,(H,23,25). The first-order chi connectivity index (χ1) is 12.4. The normalized spacial score (nSPS) is 17.0. The highest BCUT2D eigenvalue weighted by Gasteiger charge is 2.37. The predicted molar refractivity (Wildman–Crippen MR) is 96.0 cm³/mol. The van der Waals surface area contributed by atoms with Gasteiger partial charge >= 0.3 is 0 Å². The smallest absolute Gasteiger partial charge is 0.239 e. The van der Waals surface area contributed by atoms with Gasteiger partial charge in [0.15, 0.2) is 0 Å². The van der Waals surface area contributed by atoms with Crippen molar-refractivity contribution in [2.75, 3.05) is 16.8 Å². The van der Waals surface area contributed by atoms with Crippen LogP contribution in [-0.2, 0) is 9.59 Å². The molecule has 136 valence electrons. The van der Waals surface area contributed by atoms with Crippen LogP contribution in [0, 0.1) is 17.6 Å². The van der Waals surface area contributed by atoms with E-state index >= 15 is 0 Å². The van der Waals surface area contributed by atoms with Gasteiger partial charge in [-0.05, 0) is 54.3 Å². The summed E-state index contributed by atoms with van der Waals surface area (Å²) in [6.45, 7) is 4.15. The van der Waals surface area contributed by atoms with Crippen molar-refractivity contribution in [3.63, 3.8) is 0 Å². The number of benzene rings is 2. The zero-order valence-electron chi connectivity index (χ0n) is 14.6. The minimum Gasteiger partial charge on any atom is -0.325 e. The molecule has 1 N–H and O–H groups in total. The summed E-state index contributed by atoms with van der Waals surface area (Å²) in [6, 6.07) is 10.1. The van der Waals surface area contributed by atoms with Crippen LogP contribution in [0.15, 0.2) is 42.5 Å². The third-order valence-corrected chi connectivity index (χ3v) is 4.55. The van der Waals surface area contributed by atoms with E-state index in [0.717, 1.165) is 0 Å². The van der Waals surface area contributed by atoms with E-state index in [1.807, 2.05) is 13.8 Å². The summed E-state index contributed by atoms with van der Waals surface area (Å²) in [5.74, 6) is -2.37. The fraction of sp³-hybridized carbons (Fsp3) is 0.300. The molecule has 1 atom stereocenters. The molecule has 0 aromatic heterocycles. The van der Waals surface area contributed by atoms with Gasteiger partial charge in [-0.25, -0.2) is 8.78 Å². The van der Waals surface area contributed by atoms with E-state index in [1.54, 1.807) is 12.1 Å². The summed E-state index contributed by atoms with van der Waals surface area (Å²) < 4.78 is 27.1. The summed E-state index contributed by atoms with van der Waals surface area (Å²) in [5, 5.41) is 2.62. The molecule has 0 aliphatic carbocycles. The van der Waals surface area contributed by atoms with E-state index in [1.165, 1.54) is 35.2 Å². The van der Waals surface area contributed by atoms with Crippen molar-refractivity contribution in [2.24, 2.45) is 5.92 Å². The Kier molecular flexibility index (Phi) is 5.02. The molecule has 1 fully saturated rings. The highest BCUT2D eigenvalue weighted by molar-refractivity contribution is 6.13. The van der Waals surface area contributed by atoms with Crippen LogP contribution in [0.5, 0.6) is 0 Å². The number of hydrogen-bond donors (Lipinski definition) is 1. The number of amides is 2. The van der Waals surface area contributed by atoms with Gasteiger partial charge in [0.2, 0.25) is 11.8 Å². The molecule has 1 aliphatic rings. The van der Waals surface area contributed by atoms with Crippen LogP contribution in [0.2, 0.25) is 0 Å². The van der Waals surface area contributed by atoms with Crippen LogP contribution in [0.1, 0.15) is 31.7 Å². The number of halogens is 2. The Balaban J connectivity index is 1.70. The van der Waals surface area contributed by atoms with Crippen LogP contribution < -0.4 is 10.2 Å². The summed E-state index contributed by atoms with van der Waals surface area (Å²) in [6.07, 6.45) is 0.356. The molecule has 26 heavy (non-hydrogen) atoms. The largest absolute Gasteiger partial charge is 0.325 e. The van der Waals surface area contributed by atoms with Crippen molar-refractivity contribution < 1.29 is 18.4 Å². The Hall–Kier alpha value is -2.76. The van der Waals surface area contributed by atoms with E-state index < -0.39 is 11.8 Å². The molecule has 0 saturated carbocycles. The van der Waals surface area contributed by atoms with Crippen molar-refractivity contribution in [1.82, 2.24) is 0 Å². The molecule has 1 aliphatic heterocycles. The number of hydrogen-bond acceptors (Lipinski definition) is 2. The average Bonchev–Trinajstić information content (AvgIpc) is 2.97. The van der Waals surface area contributed by atoms with Gasteiger partial charge in [-0.3, -0.25) is 9.59 Å². The van der Waals surface area contributed by atoms with Gasteiger partial charge in [0.1, 0.15) is 17.6 Å². The van der Waals surface area contributed by atoms with Crippen LogP contribution in [0.25, 0.3) is 0 Å². The van der Waals surface area contributed by atoms with E-state index in [0.29, 0.717) is 29.9 Å². The third kappa shape index (κ3) is 3.59. The minimum absolute atomic E-state index is 0.0421. The van der Waals surface area contributed by atoms with Crippen molar-refractivity contribution in [3.8, 4) is 0 Å². The summed E-state index contributed by atoms with van der Waals surface area (Å²) >= 11 is 0. The fourth-order valence-corrected chi connectivity index (χ4v) is 3.10. The summed E-state index contributed by atoms with van der Waals surface area (Å²) in [4.78, 5) is 26.4. The van der Waals surface area contributed by atoms with Gasteiger partial charge in [0.25, 0.3) is 0 Å². The quantitative estimate of drug-likeness (QED) is 0.838. The maximum Gasteiger partial charge on any atom is 0.239 e. The van der Waals surface area contributed by atoms with Gasteiger partial charge < -0.3 is 10.2 Å². The lowest BCUT2D eigenvalue weighted by Gasteiger charge is -2.17. The zero-order valence-corrected chi connectivity index (χ0v) is 14.6. The molecule has 6 heteroatoms. The first-order valence-electron chi connectivity index (χ1n) is 8.54. The van der Waals surface area contributed by atoms with Crippen molar-refractivity contribution >= 4 is 23.2 Å². The molecule has 0 radical (unpaired) electrons. The lowest BCUT2D eigenvalue weighted by Crippen LogP contribution is -2.33. The lowest BCUT2D eigenvalue weighted by atomic mass is 10.0. The van der Waals surface area contributed by atoms with E-state index in [2.05, 4.69) is 5.32 Å². The molecule has 4 nitrogen and oxygen atoms in total.